The number of carbonyl (C=O) groups is 1. The molecule has 1 amide bonds. The molecule has 15 heavy (non-hydrogen) atoms. The molecule has 0 atom stereocenters. The van der Waals surface area contributed by atoms with E-state index in [1.54, 1.807) is 0 Å². The van der Waals surface area contributed by atoms with E-state index < -0.39 is 10.8 Å². The molecular formula is C8H10N4O3. The van der Waals surface area contributed by atoms with Gasteiger partial charge in [-0.05, 0) is 6.07 Å². The van der Waals surface area contributed by atoms with Crippen LogP contribution in [-0.2, 0) is 4.79 Å². The van der Waals surface area contributed by atoms with Crippen LogP contribution in [0.4, 0.5) is 11.5 Å². The molecule has 0 fully saturated rings. The van der Waals surface area contributed by atoms with Crippen LogP contribution in [0.3, 0.4) is 0 Å². The summed E-state index contributed by atoms with van der Waals surface area (Å²) in [4.78, 5) is 24.2. The maximum atomic E-state index is 10.6. The number of anilines is 1. The molecule has 80 valence electrons. The number of nitrogens with one attached hydrogen (secondary N) is 1. The van der Waals surface area contributed by atoms with Gasteiger partial charge in [0.1, 0.15) is 0 Å². The van der Waals surface area contributed by atoms with Gasteiger partial charge in [-0.15, -0.1) is 0 Å². The Morgan fingerprint density at radius 1 is 1.67 bits per heavy atom. The number of amides is 1. The van der Waals surface area contributed by atoms with Crippen LogP contribution in [0.25, 0.3) is 0 Å². The quantitative estimate of drug-likeness (QED) is 0.535. The van der Waals surface area contributed by atoms with Crippen molar-refractivity contribution in [2.24, 2.45) is 5.73 Å². The Morgan fingerprint density at radius 2 is 2.40 bits per heavy atom. The topological polar surface area (TPSA) is 111 Å². The van der Waals surface area contributed by atoms with Crippen LogP contribution in [0.1, 0.15) is 6.42 Å². The number of nitrogens with zero attached hydrogens (tertiary/aromatic N) is 2. The zero-order valence-electron chi connectivity index (χ0n) is 7.84. The van der Waals surface area contributed by atoms with E-state index in [0.717, 1.165) is 0 Å². The van der Waals surface area contributed by atoms with Gasteiger partial charge in [0.2, 0.25) is 11.7 Å². The van der Waals surface area contributed by atoms with Crippen molar-refractivity contribution in [2.45, 2.75) is 6.42 Å². The van der Waals surface area contributed by atoms with E-state index in [1.165, 1.54) is 18.3 Å². The second kappa shape index (κ2) is 4.89. The molecule has 0 saturated carbocycles. The molecule has 1 aromatic heterocycles. The summed E-state index contributed by atoms with van der Waals surface area (Å²) in [5.74, 6) is -0.329. The van der Waals surface area contributed by atoms with Crippen molar-refractivity contribution in [3.63, 3.8) is 0 Å². The molecular weight excluding hydrogens is 200 g/mol. The predicted octanol–water partition coefficient (Wildman–Crippen LogP) is 0.277. The summed E-state index contributed by atoms with van der Waals surface area (Å²) in [7, 11) is 0. The number of nitrogens with two attached hydrogens (primary N) is 1. The van der Waals surface area contributed by atoms with E-state index in [4.69, 9.17) is 5.73 Å². The van der Waals surface area contributed by atoms with Crippen LogP contribution in [0.15, 0.2) is 18.3 Å². The highest BCUT2D eigenvalue weighted by molar-refractivity contribution is 5.74. The highest BCUT2D eigenvalue weighted by Gasteiger charge is 2.13. The maximum absolute atomic E-state index is 10.6. The molecule has 0 aliphatic carbocycles. The average molecular weight is 210 g/mol. The minimum absolute atomic E-state index is 0.105. The highest BCUT2D eigenvalue weighted by atomic mass is 16.6. The third-order valence-electron chi connectivity index (χ3n) is 1.65. The maximum Gasteiger partial charge on any atom is 0.311 e. The van der Waals surface area contributed by atoms with Crippen molar-refractivity contribution < 1.29 is 9.72 Å². The Bertz CT molecular complexity index is 380. The molecule has 0 aliphatic rings. The Balaban J connectivity index is 2.67. The monoisotopic (exact) mass is 210 g/mol. The molecule has 1 heterocycles. The third kappa shape index (κ3) is 3.22. The van der Waals surface area contributed by atoms with Crippen molar-refractivity contribution in [1.29, 1.82) is 0 Å². The number of hydrogen-bond donors (Lipinski definition) is 2. The Labute approximate surface area is 85.5 Å². The smallest absolute Gasteiger partial charge is 0.311 e. The lowest BCUT2D eigenvalue weighted by Crippen LogP contribution is -2.16. The molecule has 0 bridgehead atoms. The van der Waals surface area contributed by atoms with Crippen LogP contribution in [0.2, 0.25) is 0 Å². The van der Waals surface area contributed by atoms with Gasteiger partial charge in [-0.1, -0.05) is 0 Å². The minimum Gasteiger partial charge on any atom is -0.370 e. The van der Waals surface area contributed by atoms with Gasteiger partial charge in [-0.2, -0.15) is 0 Å². The molecule has 7 heteroatoms. The van der Waals surface area contributed by atoms with E-state index in [-0.39, 0.29) is 24.5 Å². The van der Waals surface area contributed by atoms with Crippen molar-refractivity contribution in [3.05, 3.63) is 28.4 Å². The number of carbonyl (C=O) groups excluding carboxylic acids is 1. The van der Waals surface area contributed by atoms with Crippen LogP contribution >= 0.6 is 0 Å². The summed E-state index contributed by atoms with van der Waals surface area (Å²) in [6.07, 6.45) is 1.54. The first kappa shape index (κ1) is 10.9. The van der Waals surface area contributed by atoms with Crippen molar-refractivity contribution in [1.82, 2.24) is 4.98 Å². The van der Waals surface area contributed by atoms with E-state index in [2.05, 4.69) is 10.3 Å². The molecule has 1 rings (SSSR count). The second-order valence-electron chi connectivity index (χ2n) is 2.77. The van der Waals surface area contributed by atoms with Crippen LogP contribution in [0, 0.1) is 10.1 Å². The minimum atomic E-state index is -0.542. The lowest BCUT2D eigenvalue weighted by molar-refractivity contribution is -0.384. The third-order valence-corrected chi connectivity index (χ3v) is 1.65. The van der Waals surface area contributed by atoms with Crippen molar-refractivity contribution in [3.8, 4) is 0 Å². The van der Waals surface area contributed by atoms with Crippen LogP contribution in [-0.4, -0.2) is 22.4 Å². The molecule has 0 saturated heterocycles. The summed E-state index contributed by atoms with van der Waals surface area (Å²) < 4.78 is 0. The molecule has 0 radical (unpaired) electrons. The van der Waals surface area contributed by atoms with Gasteiger partial charge in [0.05, 0.1) is 4.92 Å². The average Bonchev–Trinajstić information content (AvgIpc) is 2.17. The number of pyridine rings is 1. The number of rotatable bonds is 5. The fraction of sp³-hybridized carbons (Fsp3) is 0.250. The normalized spacial score (nSPS) is 9.60. The Kier molecular flexibility index (Phi) is 3.55. The Hall–Kier alpha value is -2.18. The first-order valence-electron chi connectivity index (χ1n) is 4.23. The van der Waals surface area contributed by atoms with Gasteiger partial charge >= 0.3 is 5.69 Å². The standard InChI is InChI=1S/C8H10N4O3/c9-7(13)3-5-11-8-6(12(14)15)2-1-4-10-8/h1-2,4H,3,5H2,(H2,9,13)(H,10,11). The first-order chi connectivity index (χ1) is 7.11. The summed E-state index contributed by atoms with van der Waals surface area (Å²) in [5, 5.41) is 13.2. The molecule has 0 unspecified atom stereocenters. The molecule has 1 aromatic rings. The zero-order valence-corrected chi connectivity index (χ0v) is 7.84. The largest absolute Gasteiger partial charge is 0.370 e. The van der Waals surface area contributed by atoms with Gasteiger partial charge in [0.15, 0.2) is 0 Å². The summed E-state index contributed by atoms with van der Waals surface area (Å²) in [6.45, 7) is 0.229. The summed E-state index contributed by atoms with van der Waals surface area (Å²) >= 11 is 0. The number of nitro groups is 1. The van der Waals surface area contributed by atoms with Crippen molar-refractivity contribution >= 4 is 17.4 Å². The number of hydrogen-bond acceptors (Lipinski definition) is 5. The Morgan fingerprint density at radius 3 is 3.00 bits per heavy atom. The lowest BCUT2D eigenvalue weighted by atomic mass is 10.3. The highest BCUT2D eigenvalue weighted by Crippen LogP contribution is 2.19. The van der Waals surface area contributed by atoms with Gasteiger partial charge in [-0.3, -0.25) is 14.9 Å². The summed E-state index contributed by atoms with van der Waals surface area (Å²) in [5.41, 5.74) is 4.80. The SMILES string of the molecule is NC(=O)CCNc1ncccc1[N+](=O)[O-]. The molecule has 0 aromatic carbocycles. The molecule has 0 aliphatic heterocycles. The van der Waals surface area contributed by atoms with Gasteiger partial charge in [0.25, 0.3) is 0 Å². The summed E-state index contributed by atoms with van der Waals surface area (Å²) in [6, 6.07) is 2.80. The van der Waals surface area contributed by atoms with E-state index in [0.29, 0.717) is 0 Å². The van der Waals surface area contributed by atoms with Gasteiger partial charge in [0, 0.05) is 25.2 Å². The molecule has 7 nitrogen and oxygen atoms in total. The zero-order chi connectivity index (χ0) is 11.3. The van der Waals surface area contributed by atoms with E-state index in [9.17, 15) is 14.9 Å². The molecule has 0 spiro atoms. The van der Waals surface area contributed by atoms with Crippen LogP contribution in [0.5, 0.6) is 0 Å². The van der Waals surface area contributed by atoms with Gasteiger partial charge in [-0.25, -0.2) is 4.98 Å². The predicted molar refractivity (Wildman–Crippen MR) is 53.2 cm³/mol. The fourth-order valence-corrected chi connectivity index (χ4v) is 0.984. The van der Waals surface area contributed by atoms with E-state index in [1.807, 2.05) is 0 Å². The molecule has 3 N–H and O–H groups in total. The number of aromatic nitrogens is 1. The van der Waals surface area contributed by atoms with Crippen LogP contribution < -0.4 is 11.1 Å². The lowest BCUT2D eigenvalue weighted by Gasteiger charge is -2.03. The first-order valence-corrected chi connectivity index (χ1v) is 4.23. The van der Waals surface area contributed by atoms with E-state index >= 15 is 0 Å². The van der Waals surface area contributed by atoms with Gasteiger partial charge < -0.3 is 11.1 Å². The van der Waals surface area contributed by atoms with Crippen molar-refractivity contribution in [2.75, 3.05) is 11.9 Å². The fourth-order valence-electron chi connectivity index (χ4n) is 0.984. The second-order valence-corrected chi connectivity index (χ2v) is 2.77. The number of primary amides is 1.